The van der Waals surface area contributed by atoms with E-state index in [0.29, 0.717) is 5.69 Å². The fraction of sp³-hybridized carbons (Fsp3) is 0.158. The fourth-order valence-corrected chi connectivity index (χ4v) is 3.36. The van der Waals surface area contributed by atoms with Gasteiger partial charge < -0.3 is 15.2 Å². The van der Waals surface area contributed by atoms with Crippen molar-refractivity contribution in [3.63, 3.8) is 0 Å². The second kappa shape index (κ2) is 8.05. The fourth-order valence-electron chi connectivity index (χ4n) is 2.64. The van der Waals surface area contributed by atoms with Crippen molar-refractivity contribution in [2.45, 2.75) is 11.3 Å². The van der Waals surface area contributed by atoms with E-state index in [-0.39, 0.29) is 29.3 Å². The van der Waals surface area contributed by atoms with E-state index in [1.165, 1.54) is 30.0 Å². The lowest BCUT2D eigenvalue weighted by atomic mass is 10.1. The first kappa shape index (κ1) is 18.7. The number of carbonyl (C=O) groups excluding carboxylic acids is 4. The number of hydrogen-bond acceptors (Lipinski definition) is 6. The van der Waals surface area contributed by atoms with Gasteiger partial charge in [0.15, 0.2) is 0 Å². The van der Waals surface area contributed by atoms with Gasteiger partial charge in [0.1, 0.15) is 0 Å². The molecule has 0 saturated heterocycles. The quantitative estimate of drug-likeness (QED) is 0.568. The molecule has 8 heteroatoms. The Hall–Kier alpha value is -3.13. The Morgan fingerprint density at radius 1 is 1.00 bits per heavy atom. The molecule has 1 heterocycles. The molecule has 1 N–H and O–H groups in total. The van der Waals surface area contributed by atoms with Gasteiger partial charge in [-0.1, -0.05) is 18.2 Å². The maximum atomic E-state index is 12.3. The summed E-state index contributed by atoms with van der Waals surface area (Å²) in [4.78, 5) is 49.1. The van der Waals surface area contributed by atoms with Crippen molar-refractivity contribution in [1.82, 2.24) is 4.90 Å². The summed E-state index contributed by atoms with van der Waals surface area (Å²) < 4.78 is 0. The standard InChI is InChI=1S/C19H16N2O5S/c22-16(11-27-13-4-2-1-3-5-13)20-12-6-7-14-15(10-12)19(26)21(18(14)25)9-8-17(23)24/h1-7,10H,8-9,11H2,(H,20,22)(H,23,24)/p-1. The number of carboxylic acid groups (broad SMARTS) is 1. The van der Waals surface area contributed by atoms with E-state index >= 15 is 0 Å². The lowest BCUT2D eigenvalue weighted by Crippen LogP contribution is -2.34. The molecule has 1 aliphatic rings. The Labute approximate surface area is 159 Å². The minimum atomic E-state index is -1.34. The van der Waals surface area contributed by atoms with Gasteiger partial charge in [-0.2, -0.15) is 0 Å². The minimum absolute atomic E-state index is 0.145. The molecule has 3 rings (SSSR count). The molecule has 2 aromatic carbocycles. The second-order valence-corrected chi connectivity index (χ2v) is 6.84. The van der Waals surface area contributed by atoms with Crippen LogP contribution in [0.25, 0.3) is 0 Å². The van der Waals surface area contributed by atoms with Crippen LogP contribution in [0, 0.1) is 0 Å². The van der Waals surface area contributed by atoms with Gasteiger partial charge in [-0.25, -0.2) is 0 Å². The van der Waals surface area contributed by atoms with Gasteiger partial charge in [-0.05, 0) is 30.3 Å². The van der Waals surface area contributed by atoms with Crippen LogP contribution in [-0.4, -0.2) is 40.9 Å². The van der Waals surface area contributed by atoms with Crippen molar-refractivity contribution in [1.29, 1.82) is 0 Å². The zero-order valence-electron chi connectivity index (χ0n) is 14.1. The number of rotatable bonds is 7. The average molecular weight is 383 g/mol. The number of imide groups is 1. The number of benzene rings is 2. The molecule has 0 aromatic heterocycles. The highest BCUT2D eigenvalue weighted by Gasteiger charge is 2.35. The third kappa shape index (κ3) is 4.35. The summed E-state index contributed by atoms with van der Waals surface area (Å²) >= 11 is 1.38. The first-order valence-corrected chi connectivity index (χ1v) is 9.12. The van der Waals surface area contributed by atoms with E-state index in [4.69, 9.17) is 0 Å². The van der Waals surface area contributed by atoms with Gasteiger partial charge in [-0.15, -0.1) is 11.8 Å². The Kier molecular flexibility index (Phi) is 5.56. The molecule has 1 aliphatic heterocycles. The highest BCUT2D eigenvalue weighted by Crippen LogP contribution is 2.26. The molecule has 0 saturated carbocycles. The van der Waals surface area contributed by atoms with Gasteiger partial charge in [0, 0.05) is 29.5 Å². The normalized spacial score (nSPS) is 12.8. The van der Waals surface area contributed by atoms with Crippen LogP contribution in [0.3, 0.4) is 0 Å². The third-order valence-corrected chi connectivity index (χ3v) is 4.92. The molecule has 3 amide bonds. The summed E-state index contributed by atoms with van der Waals surface area (Å²) in [6.07, 6.45) is -0.425. The zero-order chi connectivity index (χ0) is 19.4. The first-order valence-electron chi connectivity index (χ1n) is 8.13. The molecule has 0 radical (unpaired) electrons. The number of aliphatic carboxylic acids is 1. The van der Waals surface area contributed by atoms with Gasteiger partial charge in [0.05, 0.1) is 16.9 Å². The predicted molar refractivity (Wildman–Crippen MR) is 97.2 cm³/mol. The molecule has 138 valence electrons. The Morgan fingerprint density at radius 2 is 1.70 bits per heavy atom. The molecular weight excluding hydrogens is 368 g/mol. The van der Waals surface area contributed by atoms with Crippen LogP contribution >= 0.6 is 11.8 Å². The summed E-state index contributed by atoms with van der Waals surface area (Å²) in [5.74, 6) is -2.50. The van der Waals surface area contributed by atoms with E-state index in [9.17, 15) is 24.3 Å². The maximum Gasteiger partial charge on any atom is 0.261 e. The summed E-state index contributed by atoms with van der Waals surface area (Å²) in [6.45, 7) is -0.246. The van der Waals surface area contributed by atoms with Crippen LogP contribution in [0.2, 0.25) is 0 Å². The Bertz CT molecular complexity index is 914. The largest absolute Gasteiger partial charge is 0.550 e. The van der Waals surface area contributed by atoms with Gasteiger partial charge in [0.25, 0.3) is 11.8 Å². The molecular formula is C19H15N2O5S-. The summed E-state index contributed by atoms with van der Waals surface area (Å²) in [7, 11) is 0. The van der Waals surface area contributed by atoms with Crippen LogP contribution in [0.4, 0.5) is 5.69 Å². The van der Waals surface area contributed by atoms with E-state index in [2.05, 4.69) is 5.32 Å². The number of nitrogens with zero attached hydrogens (tertiary/aromatic N) is 1. The van der Waals surface area contributed by atoms with Crippen LogP contribution in [-0.2, 0) is 9.59 Å². The number of carbonyl (C=O) groups is 4. The average Bonchev–Trinajstić information content (AvgIpc) is 2.89. The predicted octanol–water partition coefficient (Wildman–Crippen LogP) is 1.15. The van der Waals surface area contributed by atoms with Gasteiger partial charge in [-0.3, -0.25) is 19.3 Å². The Morgan fingerprint density at radius 3 is 2.41 bits per heavy atom. The number of hydrogen-bond donors (Lipinski definition) is 1. The molecule has 0 bridgehead atoms. The molecule has 7 nitrogen and oxygen atoms in total. The second-order valence-electron chi connectivity index (χ2n) is 5.79. The van der Waals surface area contributed by atoms with E-state index in [0.717, 1.165) is 9.80 Å². The van der Waals surface area contributed by atoms with Gasteiger partial charge in [0.2, 0.25) is 5.91 Å². The molecule has 0 aliphatic carbocycles. The lowest BCUT2D eigenvalue weighted by Gasteiger charge is -2.13. The van der Waals surface area contributed by atoms with Crippen molar-refractivity contribution in [2.24, 2.45) is 0 Å². The van der Waals surface area contributed by atoms with E-state index in [1.807, 2.05) is 30.3 Å². The molecule has 2 aromatic rings. The van der Waals surface area contributed by atoms with Gasteiger partial charge >= 0.3 is 0 Å². The number of carboxylic acids is 1. The van der Waals surface area contributed by atoms with E-state index in [1.54, 1.807) is 0 Å². The number of fused-ring (bicyclic) bond motifs is 1. The zero-order valence-corrected chi connectivity index (χ0v) is 15.0. The molecule has 0 fully saturated rings. The van der Waals surface area contributed by atoms with Crippen molar-refractivity contribution >= 4 is 41.1 Å². The van der Waals surface area contributed by atoms with Crippen LogP contribution in [0.1, 0.15) is 27.1 Å². The molecule has 0 atom stereocenters. The summed E-state index contributed by atoms with van der Waals surface area (Å²) in [5.41, 5.74) is 0.734. The van der Waals surface area contributed by atoms with E-state index < -0.39 is 24.2 Å². The topological polar surface area (TPSA) is 107 Å². The summed E-state index contributed by atoms with van der Waals surface area (Å²) in [6, 6.07) is 13.9. The Balaban J connectivity index is 1.65. The number of thioether (sulfide) groups is 1. The van der Waals surface area contributed by atoms with Crippen LogP contribution in [0.15, 0.2) is 53.4 Å². The summed E-state index contributed by atoms with van der Waals surface area (Å²) in [5, 5.41) is 13.3. The molecule has 0 unspecified atom stereocenters. The van der Waals surface area contributed by atoms with Crippen LogP contribution in [0.5, 0.6) is 0 Å². The van der Waals surface area contributed by atoms with Crippen molar-refractivity contribution in [3.05, 3.63) is 59.7 Å². The minimum Gasteiger partial charge on any atom is -0.550 e. The number of anilines is 1. The smallest absolute Gasteiger partial charge is 0.261 e. The van der Waals surface area contributed by atoms with Crippen molar-refractivity contribution in [3.8, 4) is 0 Å². The molecule has 27 heavy (non-hydrogen) atoms. The number of nitrogens with one attached hydrogen (secondary N) is 1. The maximum absolute atomic E-state index is 12.3. The highest BCUT2D eigenvalue weighted by atomic mass is 32.2. The lowest BCUT2D eigenvalue weighted by molar-refractivity contribution is -0.305. The molecule has 0 spiro atoms. The monoisotopic (exact) mass is 383 g/mol. The van der Waals surface area contributed by atoms with Crippen molar-refractivity contribution in [2.75, 3.05) is 17.6 Å². The highest BCUT2D eigenvalue weighted by molar-refractivity contribution is 8.00. The van der Waals surface area contributed by atoms with Crippen LogP contribution < -0.4 is 10.4 Å². The number of amides is 3. The first-order chi connectivity index (χ1) is 13.0. The SMILES string of the molecule is O=C([O-])CCN1C(=O)c2ccc(NC(=O)CSc3ccccc3)cc2C1=O. The van der Waals surface area contributed by atoms with Crippen molar-refractivity contribution < 1.29 is 24.3 Å². The third-order valence-electron chi connectivity index (χ3n) is 3.91.